The summed E-state index contributed by atoms with van der Waals surface area (Å²) in [5.41, 5.74) is -0.960. The number of imidazole rings is 1. The predicted octanol–water partition coefficient (Wildman–Crippen LogP) is 3.84. The van der Waals surface area contributed by atoms with E-state index in [4.69, 9.17) is 0 Å². The molecule has 6 heteroatoms. The van der Waals surface area contributed by atoms with E-state index in [1.54, 1.807) is 31.2 Å². The fourth-order valence-electron chi connectivity index (χ4n) is 2.32. The lowest BCUT2D eigenvalue weighted by Crippen LogP contribution is -2.24. The second-order valence-corrected chi connectivity index (χ2v) is 5.25. The summed E-state index contributed by atoms with van der Waals surface area (Å²) in [6, 6.07) is 12.1. The first kappa shape index (κ1) is 14.6. The summed E-state index contributed by atoms with van der Waals surface area (Å²) in [7, 11) is 0. The number of aromatic nitrogens is 2. The molecular weight excluding hydrogens is 293 g/mol. The molecule has 1 unspecified atom stereocenters. The van der Waals surface area contributed by atoms with Gasteiger partial charge in [-0.05, 0) is 30.7 Å². The van der Waals surface area contributed by atoms with Crippen molar-refractivity contribution in [3.05, 3.63) is 65.5 Å². The number of halogens is 3. The van der Waals surface area contributed by atoms with Crippen LogP contribution in [0.5, 0.6) is 0 Å². The predicted molar refractivity (Wildman–Crippen MR) is 76.2 cm³/mol. The van der Waals surface area contributed by atoms with E-state index in [0.29, 0.717) is 11.1 Å². The van der Waals surface area contributed by atoms with Gasteiger partial charge in [-0.3, -0.25) is 0 Å². The summed E-state index contributed by atoms with van der Waals surface area (Å²) >= 11 is 0. The number of aliphatic hydroxyl groups is 1. The molecule has 0 saturated carbocycles. The van der Waals surface area contributed by atoms with Gasteiger partial charge in [-0.25, -0.2) is 4.98 Å². The van der Waals surface area contributed by atoms with E-state index in [1.165, 1.54) is 6.07 Å². The van der Waals surface area contributed by atoms with E-state index in [1.807, 2.05) is 6.07 Å². The van der Waals surface area contributed by atoms with Crippen LogP contribution >= 0.6 is 0 Å². The number of rotatable bonds is 2. The third kappa shape index (κ3) is 2.46. The van der Waals surface area contributed by atoms with Gasteiger partial charge in [0.05, 0.1) is 16.6 Å². The van der Waals surface area contributed by atoms with Crippen molar-refractivity contribution in [3.8, 4) is 0 Å². The number of aromatic amines is 1. The van der Waals surface area contributed by atoms with Gasteiger partial charge in [0.25, 0.3) is 0 Å². The molecule has 0 aliphatic rings. The van der Waals surface area contributed by atoms with Crippen LogP contribution in [0.2, 0.25) is 0 Å². The van der Waals surface area contributed by atoms with Crippen LogP contribution in [-0.4, -0.2) is 15.1 Å². The van der Waals surface area contributed by atoms with Crippen molar-refractivity contribution in [1.82, 2.24) is 9.97 Å². The number of fused-ring (bicyclic) bond motifs is 1. The zero-order valence-corrected chi connectivity index (χ0v) is 11.6. The molecule has 1 aromatic heterocycles. The number of alkyl halides is 3. The van der Waals surface area contributed by atoms with Crippen molar-refractivity contribution in [1.29, 1.82) is 0 Å². The van der Waals surface area contributed by atoms with Crippen LogP contribution in [0.1, 0.15) is 23.9 Å². The zero-order chi connectivity index (χ0) is 16.0. The molecule has 22 heavy (non-hydrogen) atoms. The van der Waals surface area contributed by atoms with Gasteiger partial charge in [0.2, 0.25) is 0 Å². The van der Waals surface area contributed by atoms with Gasteiger partial charge in [-0.2, -0.15) is 13.2 Å². The Morgan fingerprint density at radius 1 is 1.00 bits per heavy atom. The van der Waals surface area contributed by atoms with Gasteiger partial charge in [0, 0.05) is 0 Å². The van der Waals surface area contributed by atoms with Crippen molar-refractivity contribution >= 4 is 11.0 Å². The Hall–Kier alpha value is -2.34. The molecule has 0 amide bonds. The highest BCUT2D eigenvalue weighted by Gasteiger charge is 2.32. The van der Waals surface area contributed by atoms with E-state index in [2.05, 4.69) is 9.97 Å². The average molecular weight is 306 g/mol. The Labute approximate surface area is 124 Å². The summed E-state index contributed by atoms with van der Waals surface area (Å²) < 4.78 is 38.2. The summed E-state index contributed by atoms with van der Waals surface area (Å²) in [4.78, 5) is 7.00. The summed E-state index contributed by atoms with van der Waals surface area (Å²) in [6.07, 6.45) is -4.42. The molecule has 0 bridgehead atoms. The molecule has 0 saturated heterocycles. The lowest BCUT2D eigenvalue weighted by molar-refractivity contribution is -0.137. The Morgan fingerprint density at radius 3 is 2.32 bits per heavy atom. The van der Waals surface area contributed by atoms with Crippen LogP contribution < -0.4 is 0 Å². The molecule has 0 aliphatic heterocycles. The maximum Gasteiger partial charge on any atom is 0.416 e. The third-order valence-electron chi connectivity index (χ3n) is 3.61. The first-order valence-electron chi connectivity index (χ1n) is 6.64. The number of H-pyrrole nitrogens is 1. The lowest BCUT2D eigenvalue weighted by atomic mass is 9.95. The van der Waals surface area contributed by atoms with Crippen LogP contribution in [0.15, 0.2) is 48.5 Å². The standard InChI is InChI=1S/C16H13F3N2O/c1-15(22,10-5-3-2-4-6-10)14-20-12-8-7-11(16(17,18)19)9-13(12)21-14/h2-9,22H,1H3,(H,20,21). The van der Waals surface area contributed by atoms with Crippen LogP contribution in [0.25, 0.3) is 11.0 Å². The van der Waals surface area contributed by atoms with Gasteiger partial charge in [0.15, 0.2) is 0 Å². The van der Waals surface area contributed by atoms with Gasteiger partial charge in [-0.1, -0.05) is 30.3 Å². The molecule has 3 rings (SSSR count). The number of hydrogen-bond acceptors (Lipinski definition) is 2. The fourth-order valence-corrected chi connectivity index (χ4v) is 2.32. The summed E-state index contributed by atoms with van der Waals surface area (Å²) in [5.74, 6) is 0.202. The van der Waals surface area contributed by atoms with Crippen LogP contribution in [0, 0.1) is 0 Å². The molecule has 0 radical (unpaired) electrons. The highest BCUT2D eigenvalue weighted by molar-refractivity contribution is 5.76. The Morgan fingerprint density at radius 2 is 1.68 bits per heavy atom. The minimum atomic E-state index is -4.42. The quantitative estimate of drug-likeness (QED) is 0.756. The van der Waals surface area contributed by atoms with E-state index in [-0.39, 0.29) is 11.3 Å². The monoisotopic (exact) mass is 306 g/mol. The molecule has 2 N–H and O–H groups in total. The van der Waals surface area contributed by atoms with E-state index in [9.17, 15) is 18.3 Å². The molecule has 0 fully saturated rings. The largest absolute Gasteiger partial charge is 0.416 e. The topological polar surface area (TPSA) is 48.9 Å². The first-order valence-corrected chi connectivity index (χ1v) is 6.64. The Kier molecular flexibility index (Phi) is 3.21. The van der Waals surface area contributed by atoms with Gasteiger partial charge in [0.1, 0.15) is 11.4 Å². The minimum absolute atomic E-state index is 0.202. The Balaban J connectivity index is 2.09. The maximum absolute atomic E-state index is 12.7. The molecule has 0 spiro atoms. The smallest absolute Gasteiger partial charge is 0.377 e. The third-order valence-corrected chi connectivity index (χ3v) is 3.61. The van der Waals surface area contributed by atoms with Crippen LogP contribution in [0.4, 0.5) is 13.2 Å². The van der Waals surface area contributed by atoms with Crippen LogP contribution in [0.3, 0.4) is 0 Å². The zero-order valence-electron chi connectivity index (χ0n) is 11.6. The van der Waals surface area contributed by atoms with Crippen LogP contribution in [-0.2, 0) is 11.8 Å². The lowest BCUT2D eigenvalue weighted by Gasteiger charge is -2.21. The molecule has 114 valence electrons. The first-order chi connectivity index (χ1) is 10.3. The normalized spacial score (nSPS) is 15.0. The van der Waals surface area contributed by atoms with E-state index < -0.39 is 17.3 Å². The van der Waals surface area contributed by atoms with E-state index in [0.717, 1.165) is 12.1 Å². The molecule has 1 heterocycles. The molecule has 3 aromatic rings. The number of benzene rings is 2. The average Bonchev–Trinajstić information content (AvgIpc) is 2.91. The van der Waals surface area contributed by atoms with E-state index >= 15 is 0 Å². The summed E-state index contributed by atoms with van der Waals surface area (Å²) in [5, 5.41) is 10.7. The van der Waals surface area contributed by atoms with Crippen molar-refractivity contribution in [3.63, 3.8) is 0 Å². The number of nitrogens with one attached hydrogen (secondary N) is 1. The van der Waals surface area contributed by atoms with Gasteiger partial charge < -0.3 is 10.1 Å². The molecular formula is C16H13F3N2O. The molecule has 3 nitrogen and oxygen atoms in total. The SMILES string of the molecule is CC(O)(c1ccccc1)c1nc2ccc(C(F)(F)F)cc2[nH]1. The van der Waals surface area contributed by atoms with Crippen molar-refractivity contribution in [2.75, 3.05) is 0 Å². The number of hydrogen-bond donors (Lipinski definition) is 2. The maximum atomic E-state index is 12.7. The highest BCUT2D eigenvalue weighted by Crippen LogP contribution is 2.33. The second kappa shape index (κ2) is 4.84. The molecule has 0 aliphatic carbocycles. The second-order valence-electron chi connectivity index (χ2n) is 5.25. The van der Waals surface area contributed by atoms with Crippen molar-refractivity contribution in [2.45, 2.75) is 18.7 Å². The van der Waals surface area contributed by atoms with Gasteiger partial charge >= 0.3 is 6.18 Å². The highest BCUT2D eigenvalue weighted by atomic mass is 19.4. The van der Waals surface area contributed by atoms with Crippen molar-refractivity contribution < 1.29 is 18.3 Å². The Bertz CT molecular complexity index is 807. The number of nitrogens with zero attached hydrogens (tertiary/aromatic N) is 1. The van der Waals surface area contributed by atoms with Crippen molar-refractivity contribution in [2.24, 2.45) is 0 Å². The minimum Gasteiger partial charge on any atom is -0.377 e. The molecule has 2 aromatic carbocycles. The summed E-state index contributed by atoms with van der Waals surface area (Å²) in [6.45, 7) is 1.55. The van der Waals surface area contributed by atoms with Gasteiger partial charge in [-0.15, -0.1) is 0 Å². The molecule has 1 atom stereocenters. The fraction of sp³-hybridized carbons (Fsp3) is 0.188.